The predicted octanol–water partition coefficient (Wildman–Crippen LogP) is 2.96. The highest BCUT2D eigenvalue weighted by Gasteiger charge is 2.47. The Morgan fingerprint density at radius 2 is 2.00 bits per heavy atom. The summed E-state index contributed by atoms with van der Waals surface area (Å²) in [6.45, 7) is 0. The molecular formula is C14H14N2O2. The number of nitrogens with zero attached hydrogens (tertiary/aromatic N) is 2. The van der Waals surface area contributed by atoms with E-state index in [0.29, 0.717) is 11.7 Å². The van der Waals surface area contributed by atoms with Gasteiger partial charge in [-0.15, -0.1) is 0 Å². The number of rotatable bonds is 2. The maximum absolute atomic E-state index is 9.45. The fourth-order valence-electron chi connectivity index (χ4n) is 3.08. The summed E-state index contributed by atoms with van der Waals surface area (Å²) in [5, 5.41) is 13.5. The molecule has 2 fully saturated rings. The molecule has 0 bridgehead atoms. The van der Waals surface area contributed by atoms with Gasteiger partial charge < -0.3 is 9.63 Å². The van der Waals surface area contributed by atoms with Gasteiger partial charge in [0.25, 0.3) is 0 Å². The van der Waals surface area contributed by atoms with Gasteiger partial charge in [-0.3, -0.25) is 0 Å². The minimum absolute atomic E-state index is 0.223. The molecule has 1 aromatic carbocycles. The Morgan fingerprint density at radius 3 is 2.78 bits per heavy atom. The van der Waals surface area contributed by atoms with Gasteiger partial charge in [-0.1, -0.05) is 17.3 Å². The Hall–Kier alpha value is -1.84. The van der Waals surface area contributed by atoms with Crippen LogP contribution in [0, 0.1) is 11.8 Å². The van der Waals surface area contributed by atoms with Gasteiger partial charge in [-0.2, -0.15) is 4.98 Å². The van der Waals surface area contributed by atoms with Gasteiger partial charge in [-0.05, 0) is 43.2 Å². The van der Waals surface area contributed by atoms with Crippen LogP contribution in [0.4, 0.5) is 0 Å². The Bertz CT molecular complexity index is 583. The van der Waals surface area contributed by atoms with Crippen LogP contribution in [-0.2, 0) is 0 Å². The topological polar surface area (TPSA) is 59.2 Å². The van der Waals surface area contributed by atoms with Crippen molar-refractivity contribution in [3.8, 4) is 17.1 Å². The van der Waals surface area contributed by atoms with E-state index in [1.165, 1.54) is 19.3 Å². The molecule has 2 aliphatic carbocycles. The zero-order valence-corrected chi connectivity index (χ0v) is 9.91. The van der Waals surface area contributed by atoms with Gasteiger partial charge in [0.1, 0.15) is 5.75 Å². The van der Waals surface area contributed by atoms with Crippen LogP contribution in [-0.4, -0.2) is 15.2 Å². The third-order valence-corrected chi connectivity index (χ3v) is 4.14. The fraction of sp³-hybridized carbons (Fsp3) is 0.429. The van der Waals surface area contributed by atoms with E-state index < -0.39 is 0 Å². The monoisotopic (exact) mass is 242 g/mol. The molecule has 1 aromatic heterocycles. The Kier molecular flexibility index (Phi) is 2.01. The zero-order chi connectivity index (χ0) is 12.1. The van der Waals surface area contributed by atoms with E-state index in [4.69, 9.17) is 4.52 Å². The van der Waals surface area contributed by atoms with Gasteiger partial charge in [0.15, 0.2) is 0 Å². The molecule has 1 heterocycles. The maximum atomic E-state index is 9.45. The summed E-state index contributed by atoms with van der Waals surface area (Å²) >= 11 is 0. The molecule has 0 aliphatic heterocycles. The van der Waals surface area contributed by atoms with Gasteiger partial charge in [-0.25, -0.2) is 0 Å². The Morgan fingerprint density at radius 1 is 1.17 bits per heavy atom. The molecule has 2 aliphatic rings. The highest BCUT2D eigenvalue weighted by atomic mass is 16.5. The van der Waals surface area contributed by atoms with Crippen LogP contribution < -0.4 is 0 Å². The number of fused-ring (bicyclic) bond motifs is 1. The van der Waals surface area contributed by atoms with E-state index in [1.54, 1.807) is 18.2 Å². The molecule has 0 spiro atoms. The number of hydrogen-bond acceptors (Lipinski definition) is 4. The first kappa shape index (κ1) is 10.1. The summed E-state index contributed by atoms with van der Waals surface area (Å²) in [6, 6.07) is 6.95. The van der Waals surface area contributed by atoms with Crippen molar-refractivity contribution in [2.75, 3.05) is 0 Å². The largest absolute Gasteiger partial charge is 0.508 e. The molecular weight excluding hydrogens is 228 g/mol. The molecule has 4 heteroatoms. The second-order valence-electron chi connectivity index (χ2n) is 5.43. The van der Waals surface area contributed by atoms with E-state index in [-0.39, 0.29) is 5.75 Å². The van der Waals surface area contributed by atoms with E-state index >= 15 is 0 Å². The van der Waals surface area contributed by atoms with E-state index in [2.05, 4.69) is 10.1 Å². The first-order chi connectivity index (χ1) is 8.79. The lowest BCUT2D eigenvalue weighted by molar-refractivity contribution is 0.346. The molecule has 2 unspecified atom stereocenters. The van der Waals surface area contributed by atoms with Crippen molar-refractivity contribution in [2.24, 2.45) is 11.8 Å². The van der Waals surface area contributed by atoms with E-state index in [1.807, 2.05) is 6.07 Å². The predicted molar refractivity (Wildman–Crippen MR) is 65.0 cm³/mol. The maximum Gasteiger partial charge on any atom is 0.230 e. The number of phenols is 1. The number of benzene rings is 1. The van der Waals surface area contributed by atoms with Crippen LogP contribution in [0.5, 0.6) is 5.75 Å². The van der Waals surface area contributed by atoms with Crippen molar-refractivity contribution in [2.45, 2.75) is 25.2 Å². The third kappa shape index (κ3) is 1.60. The molecule has 0 saturated heterocycles. The van der Waals surface area contributed by atoms with Crippen LogP contribution in [0.2, 0.25) is 0 Å². The van der Waals surface area contributed by atoms with Crippen molar-refractivity contribution in [3.63, 3.8) is 0 Å². The van der Waals surface area contributed by atoms with Crippen molar-refractivity contribution in [1.82, 2.24) is 10.1 Å². The second-order valence-corrected chi connectivity index (χ2v) is 5.43. The molecule has 4 rings (SSSR count). The Labute approximate surface area is 105 Å². The van der Waals surface area contributed by atoms with Crippen LogP contribution in [0.15, 0.2) is 28.8 Å². The summed E-state index contributed by atoms with van der Waals surface area (Å²) in [5.41, 5.74) is 0.799. The van der Waals surface area contributed by atoms with Gasteiger partial charge >= 0.3 is 0 Å². The lowest BCUT2D eigenvalue weighted by atomic mass is 10.0. The highest BCUT2D eigenvalue weighted by molar-refractivity contribution is 5.56. The van der Waals surface area contributed by atoms with Crippen molar-refractivity contribution < 1.29 is 9.63 Å². The molecule has 2 atom stereocenters. The number of aromatic nitrogens is 2. The minimum Gasteiger partial charge on any atom is -0.508 e. The standard InChI is InChI=1S/C14H14N2O2/c17-12-3-1-2-8(7-12)13-15-14(18-16-13)11-5-9-4-10(9)6-11/h1-3,7,9-11,17H,4-6H2. The van der Waals surface area contributed by atoms with Gasteiger partial charge in [0.05, 0.1) is 0 Å². The summed E-state index contributed by atoms with van der Waals surface area (Å²) in [5.74, 6) is 3.83. The molecule has 18 heavy (non-hydrogen) atoms. The summed E-state index contributed by atoms with van der Waals surface area (Å²) in [6.07, 6.45) is 3.79. The lowest BCUT2D eigenvalue weighted by Crippen LogP contribution is -1.95. The summed E-state index contributed by atoms with van der Waals surface area (Å²) in [4.78, 5) is 4.47. The van der Waals surface area contributed by atoms with E-state index in [9.17, 15) is 5.11 Å². The minimum atomic E-state index is 0.223. The lowest BCUT2D eigenvalue weighted by Gasteiger charge is -2.03. The molecule has 0 amide bonds. The van der Waals surface area contributed by atoms with Crippen molar-refractivity contribution in [1.29, 1.82) is 0 Å². The van der Waals surface area contributed by atoms with Gasteiger partial charge in [0.2, 0.25) is 11.7 Å². The first-order valence-corrected chi connectivity index (χ1v) is 6.42. The molecule has 2 aromatic rings. The van der Waals surface area contributed by atoms with E-state index in [0.717, 1.165) is 23.3 Å². The summed E-state index contributed by atoms with van der Waals surface area (Å²) < 4.78 is 5.37. The van der Waals surface area contributed by atoms with Gasteiger partial charge in [0, 0.05) is 11.5 Å². The summed E-state index contributed by atoms with van der Waals surface area (Å²) in [7, 11) is 0. The van der Waals surface area contributed by atoms with Crippen LogP contribution >= 0.6 is 0 Å². The molecule has 4 nitrogen and oxygen atoms in total. The number of aromatic hydroxyl groups is 1. The van der Waals surface area contributed by atoms with Crippen LogP contribution in [0.3, 0.4) is 0 Å². The average molecular weight is 242 g/mol. The molecule has 0 radical (unpaired) electrons. The average Bonchev–Trinajstić information content (AvgIpc) is 2.83. The highest BCUT2D eigenvalue weighted by Crippen LogP contribution is 2.57. The second kappa shape index (κ2) is 3.57. The Balaban J connectivity index is 1.61. The number of phenolic OH excluding ortho intramolecular Hbond substituents is 1. The molecule has 92 valence electrons. The van der Waals surface area contributed by atoms with Crippen molar-refractivity contribution >= 4 is 0 Å². The van der Waals surface area contributed by atoms with Crippen molar-refractivity contribution in [3.05, 3.63) is 30.2 Å². The quantitative estimate of drug-likeness (QED) is 0.879. The fourth-order valence-corrected chi connectivity index (χ4v) is 3.08. The zero-order valence-electron chi connectivity index (χ0n) is 9.91. The number of hydrogen-bond donors (Lipinski definition) is 1. The first-order valence-electron chi connectivity index (χ1n) is 6.42. The smallest absolute Gasteiger partial charge is 0.230 e. The normalized spacial score (nSPS) is 29.2. The SMILES string of the molecule is Oc1cccc(-c2noc(C3CC4CC4C3)n2)c1. The van der Waals surface area contributed by atoms with Crippen LogP contribution in [0.25, 0.3) is 11.4 Å². The molecule has 1 N–H and O–H groups in total. The third-order valence-electron chi connectivity index (χ3n) is 4.14. The van der Waals surface area contributed by atoms with Crippen LogP contribution in [0.1, 0.15) is 31.1 Å². The molecule has 2 saturated carbocycles.